The molecule has 2 rings (SSSR count). The van der Waals surface area contributed by atoms with Crippen molar-refractivity contribution >= 4 is 11.6 Å². The summed E-state index contributed by atoms with van der Waals surface area (Å²) in [6, 6.07) is 6.10. The van der Waals surface area contributed by atoms with Crippen LogP contribution in [0.1, 0.15) is 31.9 Å². The van der Waals surface area contributed by atoms with Crippen LogP contribution in [0.15, 0.2) is 24.5 Å². The van der Waals surface area contributed by atoms with Gasteiger partial charge in [0.2, 0.25) is 5.75 Å². The topological polar surface area (TPSA) is 44.2 Å². The van der Waals surface area contributed by atoms with Gasteiger partial charge in [0, 0.05) is 0 Å². The van der Waals surface area contributed by atoms with Crippen molar-refractivity contribution in [2.45, 2.75) is 33.1 Å². The lowest BCUT2D eigenvalue weighted by Crippen LogP contribution is -2.11. The summed E-state index contributed by atoms with van der Waals surface area (Å²) in [7, 11) is 1.51. The standard InChI is InChI=1S/C16H19ClN2O2/c1-10-8-11(16(2,3)4)6-7-12(10)21-15-13(20-5)14(17)18-9-19-15/h6-9H,1-5H3. The van der Waals surface area contributed by atoms with Crippen molar-refractivity contribution in [1.82, 2.24) is 9.97 Å². The van der Waals surface area contributed by atoms with Crippen molar-refractivity contribution in [3.8, 4) is 17.4 Å². The number of rotatable bonds is 3. The summed E-state index contributed by atoms with van der Waals surface area (Å²) in [6.45, 7) is 8.53. The van der Waals surface area contributed by atoms with Crippen LogP contribution in [0.3, 0.4) is 0 Å². The van der Waals surface area contributed by atoms with Crippen LogP contribution < -0.4 is 9.47 Å². The van der Waals surface area contributed by atoms with Crippen LogP contribution in [0.25, 0.3) is 0 Å². The molecule has 0 atom stereocenters. The average molecular weight is 307 g/mol. The maximum absolute atomic E-state index is 5.96. The van der Waals surface area contributed by atoms with E-state index in [2.05, 4.69) is 42.9 Å². The molecule has 0 aliphatic heterocycles. The maximum Gasteiger partial charge on any atom is 0.267 e. The first kappa shape index (κ1) is 15.6. The lowest BCUT2D eigenvalue weighted by Gasteiger charge is -2.20. The Hall–Kier alpha value is -1.81. The molecule has 0 N–H and O–H groups in total. The van der Waals surface area contributed by atoms with Gasteiger partial charge in [-0.2, -0.15) is 4.98 Å². The van der Waals surface area contributed by atoms with E-state index < -0.39 is 0 Å². The third-order valence-corrected chi connectivity index (χ3v) is 3.45. The summed E-state index contributed by atoms with van der Waals surface area (Å²) in [5, 5.41) is 0.228. The molecule has 0 amide bonds. The van der Waals surface area contributed by atoms with Crippen molar-refractivity contribution in [2.75, 3.05) is 7.11 Å². The Balaban J connectivity index is 2.35. The minimum Gasteiger partial charge on any atom is -0.489 e. The van der Waals surface area contributed by atoms with E-state index in [4.69, 9.17) is 21.1 Å². The Morgan fingerprint density at radius 2 is 1.86 bits per heavy atom. The number of benzene rings is 1. The highest BCUT2D eigenvalue weighted by molar-refractivity contribution is 6.31. The van der Waals surface area contributed by atoms with Gasteiger partial charge >= 0.3 is 0 Å². The predicted molar refractivity (Wildman–Crippen MR) is 83.5 cm³/mol. The highest BCUT2D eigenvalue weighted by Crippen LogP contribution is 2.36. The van der Waals surface area contributed by atoms with Crippen LogP contribution in [0.5, 0.6) is 17.4 Å². The van der Waals surface area contributed by atoms with Crippen molar-refractivity contribution in [3.05, 3.63) is 40.8 Å². The summed E-state index contributed by atoms with van der Waals surface area (Å²) in [4.78, 5) is 7.95. The molecule has 0 radical (unpaired) electrons. The van der Waals surface area contributed by atoms with Gasteiger partial charge in [-0.1, -0.05) is 44.5 Å². The molecular formula is C16H19ClN2O2. The van der Waals surface area contributed by atoms with Gasteiger partial charge in [-0.3, -0.25) is 0 Å². The van der Waals surface area contributed by atoms with Crippen molar-refractivity contribution in [3.63, 3.8) is 0 Å². The molecule has 1 aromatic heterocycles. The molecule has 0 saturated heterocycles. The number of hydrogen-bond donors (Lipinski definition) is 0. The molecule has 0 spiro atoms. The molecule has 0 fully saturated rings. The van der Waals surface area contributed by atoms with E-state index in [0.29, 0.717) is 11.6 Å². The molecule has 21 heavy (non-hydrogen) atoms. The first-order chi connectivity index (χ1) is 9.82. The SMILES string of the molecule is COc1c(Cl)ncnc1Oc1ccc(C(C)(C)C)cc1C. The summed E-state index contributed by atoms with van der Waals surface area (Å²) >= 11 is 5.96. The number of aryl methyl sites for hydroxylation is 1. The van der Waals surface area contributed by atoms with Crippen LogP contribution in [0.2, 0.25) is 5.15 Å². The zero-order valence-corrected chi connectivity index (χ0v) is 13.7. The highest BCUT2D eigenvalue weighted by Gasteiger charge is 2.17. The zero-order valence-electron chi connectivity index (χ0n) is 12.9. The van der Waals surface area contributed by atoms with Crippen LogP contribution in [0.4, 0.5) is 0 Å². The zero-order chi connectivity index (χ0) is 15.6. The molecule has 4 nitrogen and oxygen atoms in total. The lowest BCUT2D eigenvalue weighted by atomic mass is 9.86. The molecule has 0 aliphatic rings. The fourth-order valence-corrected chi connectivity index (χ4v) is 2.12. The van der Waals surface area contributed by atoms with Gasteiger partial charge in [0.05, 0.1) is 7.11 Å². The normalized spacial score (nSPS) is 11.3. The Morgan fingerprint density at radius 3 is 2.43 bits per heavy atom. The van der Waals surface area contributed by atoms with Gasteiger partial charge in [-0.15, -0.1) is 0 Å². The molecule has 1 aromatic carbocycles. The number of methoxy groups -OCH3 is 1. The minimum atomic E-state index is 0.0964. The Bertz CT molecular complexity index is 651. The summed E-state index contributed by atoms with van der Waals surface area (Å²) < 4.78 is 11.0. The molecule has 0 unspecified atom stereocenters. The van der Waals surface area contributed by atoms with Gasteiger partial charge in [-0.25, -0.2) is 4.98 Å². The van der Waals surface area contributed by atoms with Gasteiger partial charge in [0.25, 0.3) is 5.88 Å². The van der Waals surface area contributed by atoms with E-state index in [0.717, 1.165) is 11.3 Å². The monoisotopic (exact) mass is 306 g/mol. The third kappa shape index (κ3) is 3.45. The summed E-state index contributed by atoms with van der Waals surface area (Å²) in [6.07, 6.45) is 1.35. The van der Waals surface area contributed by atoms with Crippen LogP contribution >= 0.6 is 11.6 Å². The second kappa shape index (κ2) is 5.90. The van der Waals surface area contributed by atoms with E-state index in [1.165, 1.54) is 19.0 Å². The minimum absolute atomic E-state index is 0.0964. The summed E-state index contributed by atoms with van der Waals surface area (Å²) in [5.41, 5.74) is 2.37. The predicted octanol–water partition coefficient (Wildman–Crippen LogP) is 4.54. The lowest BCUT2D eigenvalue weighted by molar-refractivity contribution is 0.366. The number of aromatic nitrogens is 2. The molecule has 112 valence electrons. The Kier molecular flexibility index (Phi) is 4.37. The average Bonchev–Trinajstić information content (AvgIpc) is 2.40. The van der Waals surface area contributed by atoms with Crippen molar-refractivity contribution in [1.29, 1.82) is 0 Å². The van der Waals surface area contributed by atoms with Crippen molar-refractivity contribution in [2.24, 2.45) is 0 Å². The Labute approximate surface area is 130 Å². The second-order valence-corrected chi connectivity index (χ2v) is 6.19. The fraction of sp³-hybridized carbons (Fsp3) is 0.375. The fourth-order valence-electron chi connectivity index (χ4n) is 1.92. The molecule has 1 heterocycles. The third-order valence-electron chi connectivity index (χ3n) is 3.18. The van der Waals surface area contributed by atoms with E-state index in [1.807, 2.05) is 13.0 Å². The second-order valence-electron chi connectivity index (χ2n) is 5.84. The molecular weight excluding hydrogens is 288 g/mol. The van der Waals surface area contributed by atoms with Gasteiger partial charge in [0.1, 0.15) is 12.1 Å². The van der Waals surface area contributed by atoms with Crippen LogP contribution in [0, 0.1) is 6.92 Å². The number of nitrogens with zero attached hydrogens (tertiary/aromatic N) is 2. The first-order valence-electron chi connectivity index (χ1n) is 6.66. The highest BCUT2D eigenvalue weighted by atomic mass is 35.5. The summed E-state index contributed by atoms with van der Waals surface area (Å²) in [5.74, 6) is 1.36. The number of ether oxygens (including phenoxy) is 2. The molecule has 0 bridgehead atoms. The quantitative estimate of drug-likeness (QED) is 0.781. The van der Waals surface area contributed by atoms with Crippen LogP contribution in [-0.4, -0.2) is 17.1 Å². The smallest absolute Gasteiger partial charge is 0.267 e. The largest absolute Gasteiger partial charge is 0.489 e. The van der Waals surface area contributed by atoms with E-state index in [9.17, 15) is 0 Å². The van der Waals surface area contributed by atoms with Crippen molar-refractivity contribution < 1.29 is 9.47 Å². The molecule has 2 aromatic rings. The van der Waals surface area contributed by atoms with Gasteiger partial charge in [-0.05, 0) is 29.5 Å². The number of halogens is 1. The Morgan fingerprint density at radius 1 is 1.14 bits per heavy atom. The molecule has 0 saturated carbocycles. The molecule has 5 heteroatoms. The van der Waals surface area contributed by atoms with Gasteiger partial charge < -0.3 is 9.47 Å². The van der Waals surface area contributed by atoms with E-state index >= 15 is 0 Å². The maximum atomic E-state index is 5.96. The van der Waals surface area contributed by atoms with Crippen LogP contribution in [-0.2, 0) is 5.41 Å². The number of hydrogen-bond acceptors (Lipinski definition) is 4. The van der Waals surface area contributed by atoms with Gasteiger partial charge in [0.15, 0.2) is 5.15 Å². The molecule has 0 aliphatic carbocycles. The van der Waals surface area contributed by atoms with E-state index in [1.54, 1.807) is 0 Å². The van der Waals surface area contributed by atoms with E-state index in [-0.39, 0.29) is 10.6 Å². The first-order valence-corrected chi connectivity index (χ1v) is 7.04.